The summed E-state index contributed by atoms with van der Waals surface area (Å²) in [6, 6.07) is 0.295. The fourth-order valence-corrected chi connectivity index (χ4v) is 1.48. The number of hydrogen-bond donors (Lipinski definition) is 1. The van der Waals surface area contributed by atoms with Crippen LogP contribution in [0.3, 0.4) is 0 Å². The molecule has 3 nitrogen and oxygen atoms in total. The SMILES string of the molecule is CO[C@@H]1C[C@@H](N)CN(C)C1. The second-order valence-electron chi connectivity index (χ2n) is 3.07. The van der Waals surface area contributed by atoms with Gasteiger partial charge in [-0.3, -0.25) is 0 Å². The van der Waals surface area contributed by atoms with Crippen LogP contribution in [0.2, 0.25) is 0 Å². The zero-order valence-corrected chi connectivity index (χ0v) is 6.71. The van der Waals surface area contributed by atoms with Crippen LogP contribution in [0.25, 0.3) is 0 Å². The van der Waals surface area contributed by atoms with E-state index in [1.54, 1.807) is 7.11 Å². The fourth-order valence-electron chi connectivity index (χ4n) is 1.48. The van der Waals surface area contributed by atoms with E-state index in [9.17, 15) is 0 Å². The molecule has 3 heteroatoms. The van der Waals surface area contributed by atoms with Gasteiger partial charge in [0.1, 0.15) is 0 Å². The molecular weight excluding hydrogens is 128 g/mol. The average molecular weight is 144 g/mol. The van der Waals surface area contributed by atoms with Crippen molar-refractivity contribution in [2.75, 3.05) is 27.2 Å². The van der Waals surface area contributed by atoms with E-state index in [0.29, 0.717) is 12.1 Å². The molecule has 1 aliphatic heterocycles. The second kappa shape index (κ2) is 3.32. The molecule has 10 heavy (non-hydrogen) atoms. The van der Waals surface area contributed by atoms with Crippen LogP contribution in [-0.4, -0.2) is 44.3 Å². The minimum absolute atomic E-state index is 0.295. The van der Waals surface area contributed by atoms with Crippen LogP contribution in [0.1, 0.15) is 6.42 Å². The molecule has 0 amide bonds. The number of rotatable bonds is 1. The molecule has 1 aliphatic rings. The topological polar surface area (TPSA) is 38.5 Å². The fraction of sp³-hybridized carbons (Fsp3) is 1.00. The zero-order valence-electron chi connectivity index (χ0n) is 6.71. The van der Waals surface area contributed by atoms with E-state index in [1.807, 2.05) is 0 Å². The smallest absolute Gasteiger partial charge is 0.0713 e. The summed E-state index contributed by atoms with van der Waals surface area (Å²) in [6.45, 7) is 2.02. The first-order valence-corrected chi connectivity index (χ1v) is 3.69. The minimum Gasteiger partial charge on any atom is -0.380 e. The molecule has 0 aromatic heterocycles. The third kappa shape index (κ3) is 1.94. The van der Waals surface area contributed by atoms with Crippen molar-refractivity contribution >= 4 is 0 Å². The van der Waals surface area contributed by atoms with Gasteiger partial charge in [-0.1, -0.05) is 0 Å². The van der Waals surface area contributed by atoms with E-state index in [-0.39, 0.29) is 0 Å². The lowest BCUT2D eigenvalue weighted by molar-refractivity contribution is 0.0330. The van der Waals surface area contributed by atoms with Crippen LogP contribution in [0.15, 0.2) is 0 Å². The Labute approximate surface area is 62.1 Å². The van der Waals surface area contributed by atoms with Crippen molar-refractivity contribution < 1.29 is 4.74 Å². The summed E-state index contributed by atoms with van der Waals surface area (Å²) in [7, 11) is 3.82. The van der Waals surface area contributed by atoms with Gasteiger partial charge in [0, 0.05) is 26.2 Å². The molecule has 1 fully saturated rings. The number of nitrogens with zero attached hydrogens (tertiary/aromatic N) is 1. The van der Waals surface area contributed by atoms with Gasteiger partial charge in [-0.2, -0.15) is 0 Å². The van der Waals surface area contributed by atoms with E-state index >= 15 is 0 Å². The highest BCUT2D eigenvalue weighted by atomic mass is 16.5. The Morgan fingerprint density at radius 1 is 1.50 bits per heavy atom. The van der Waals surface area contributed by atoms with Gasteiger partial charge in [-0.25, -0.2) is 0 Å². The normalized spacial score (nSPS) is 36.3. The Morgan fingerprint density at radius 3 is 2.70 bits per heavy atom. The van der Waals surface area contributed by atoms with Crippen LogP contribution in [0.4, 0.5) is 0 Å². The van der Waals surface area contributed by atoms with Gasteiger partial charge >= 0.3 is 0 Å². The van der Waals surface area contributed by atoms with E-state index < -0.39 is 0 Å². The highest BCUT2D eigenvalue weighted by Gasteiger charge is 2.21. The first kappa shape index (κ1) is 7.98. The number of likely N-dealkylation sites (tertiary alicyclic amines) is 1. The van der Waals surface area contributed by atoms with Crippen LogP contribution in [0, 0.1) is 0 Å². The van der Waals surface area contributed by atoms with E-state index in [4.69, 9.17) is 10.5 Å². The van der Waals surface area contributed by atoms with Crippen LogP contribution < -0.4 is 5.73 Å². The Morgan fingerprint density at radius 2 is 2.20 bits per heavy atom. The minimum atomic E-state index is 0.295. The number of ether oxygens (including phenoxy) is 1. The summed E-state index contributed by atoms with van der Waals surface area (Å²) in [5.41, 5.74) is 5.77. The molecule has 2 atom stereocenters. The molecule has 0 aromatic carbocycles. The van der Waals surface area contributed by atoms with Gasteiger partial charge in [0.2, 0.25) is 0 Å². The lowest BCUT2D eigenvalue weighted by atomic mass is 10.1. The molecule has 0 bridgehead atoms. The summed E-state index contributed by atoms with van der Waals surface area (Å²) < 4.78 is 5.21. The van der Waals surface area contributed by atoms with Gasteiger partial charge in [0.15, 0.2) is 0 Å². The first-order chi connectivity index (χ1) is 4.72. The van der Waals surface area contributed by atoms with E-state index in [2.05, 4.69) is 11.9 Å². The molecule has 0 saturated carbocycles. The number of piperidine rings is 1. The van der Waals surface area contributed by atoms with Gasteiger partial charge in [-0.05, 0) is 13.5 Å². The molecule has 1 rings (SSSR count). The second-order valence-corrected chi connectivity index (χ2v) is 3.07. The molecule has 1 heterocycles. The highest BCUT2D eigenvalue weighted by molar-refractivity contribution is 4.79. The molecule has 2 N–H and O–H groups in total. The lowest BCUT2D eigenvalue weighted by Crippen LogP contribution is -2.47. The largest absolute Gasteiger partial charge is 0.380 e. The number of nitrogens with two attached hydrogens (primary N) is 1. The van der Waals surface area contributed by atoms with Crippen molar-refractivity contribution in [2.45, 2.75) is 18.6 Å². The van der Waals surface area contributed by atoms with E-state index in [1.165, 1.54) is 0 Å². The summed E-state index contributed by atoms with van der Waals surface area (Å²) in [6.07, 6.45) is 1.34. The molecule has 0 aliphatic carbocycles. The van der Waals surface area contributed by atoms with Crippen molar-refractivity contribution in [1.29, 1.82) is 0 Å². The maximum Gasteiger partial charge on any atom is 0.0713 e. The quantitative estimate of drug-likeness (QED) is 0.547. The summed E-state index contributed by atoms with van der Waals surface area (Å²) in [5.74, 6) is 0. The van der Waals surface area contributed by atoms with Gasteiger partial charge < -0.3 is 15.4 Å². The lowest BCUT2D eigenvalue weighted by Gasteiger charge is -2.32. The molecule has 0 radical (unpaired) electrons. The first-order valence-electron chi connectivity index (χ1n) is 3.69. The Hall–Kier alpha value is -0.120. The van der Waals surface area contributed by atoms with Crippen molar-refractivity contribution in [1.82, 2.24) is 4.90 Å². The molecule has 0 unspecified atom stereocenters. The maximum absolute atomic E-state index is 5.77. The number of hydrogen-bond acceptors (Lipinski definition) is 3. The summed E-state index contributed by atoms with van der Waals surface area (Å²) in [4.78, 5) is 2.21. The van der Waals surface area contributed by atoms with Crippen molar-refractivity contribution in [3.63, 3.8) is 0 Å². The predicted molar refractivity (Wildman–Crippen MR) is 40.9 cm³/mol. The van der Waals surface area contributed by atoms with Gasteiger partial charge in [0.25, 0.3) is 0 Å². The van der Waals surface area contributed by atoms with Gasteiger partial charge in [-0.15, -0.1) is 0 Å². The van der Waals surface area contributed by atoms with Crippen LogP contribution in [-0.2, 0) is 4.74 Å². The third-order valence-electron chi connectivity index (χ3n) is 1.96. The van der Waals surface area contributed by atoms with E-state index in [0.717, 1.165) is 19.5 Å². The average Bonchev–Trinajstić information content (AvgIpc) is 1.85. The van der Waals surface area contributed by atoms with Crippen molar-refractivity contribution in [2.24, 2.45) is 5.73 Å². The van der Waals surface area contributed by atoms with Crippen molar-refractivity contribution in [3.8, 4) is 0 Å². The summed E-state index contributed by atoms with van der Waals surface area (Å²) in [5, 5.41) is 0. The summed E-state index contributed by atoms with van der Waals surface area (Å²) >= 11 is 0. The van der Waals surface area contributed by atoms with Gasteiger partial charge in [0.05, 0.1) is 6.10 Å². The van der Waals surface area contributed by atoms with Crippen molar-refractivity contribution in [3.05, 3.63) is 0 Å². The van der Waals surface area contributed by atoms with Crippen LogP contribution in [0.5, 0.6) is 0 Å². The standard InChI is InChI=1S/C7H16N2O/c1-9-4-6(8)3-7(5-9)10-2/h6-7H,3-5,8H2,1-2H3/t6-,7-/m1/s1. The Bertz CT molecular complexity index is 97.8. The molecule has 60 valence electrons. The number of methoxy groups -OCH3 is 1. The third-order valence-corrected chi connectivity index (χ3v) is 1.96. The zero-order chi connectivity index (χ0) is 7.56. The monoisotopic (exact) mass is 144 g/mol. The predicted octanol–water partition coefficient (Wildman–Crippen LogP) is -0.336. The maximum atomic E-state index is 5.77. The molecule has 0 aromatic rings. The molecule has 0 spiro atoms. The van der Waals surface area contributed by atoms with Crippen LogP contribution >= 0.6 is 0 Å². The molecule has 1 saturated heterocycles. The Balaban J connectivity index is 2.35. The number of likely N-dealkylation sites (N-methyl/N-ethyl adjacent to an activating group) is 1. The Kier molecular flexibility index (Phi) is 2.65. The highest BCUT2D eigenvalue weighted by Crippen LogP contribution is 2.09. The molecular formula is C7H16N2O.